The highest BCUT2D eigenvalue weighted by molar-refractivity contribution is 7.33. The van der Waals surface area contributed by atoms with E-state index in [0.29, 0.717) is 34.4 Å². The lowest BCUT2D eigenvalue weighted by atomic mass is 9.95. The number of hydrogen-bond acceptors (Lipinski definition) is 7. The molecule has 4 aromatic rings. The maximum absolute atomic E-state index is 12.6. The van der Waals surface area contributed by atoms with Gasteiger partial charge in [-0.2, -0.15) is 0 Å². The van der Waals surface area contributed by atoms with Crippen molar-refractivity contribution in [3.05, 3.63) is 117 Å². The highest BCUT2D eigenvalue weighted by Crippen LogP contribution is 2.32. The minimum atomic E-state index is -2.77. The second-order valence-corrected chi connectivity index (χ2v) is 15.1. The Kier molecular flexibility index (Phi) is 14.0. The zero-order valence-corrected chi connectivity index (χ0v) is 30.7. The number of benzene rings is 4. The summed E-state index contributed by atoms with van der Waals surface area (Å²) >= 11 is 13.1. The van der Waals surface area contributed by atoms with Gasteiger partial charge in [0.15, 0.2) is 0 Å². The van der Waals surface area contributed by atoms with E-state index in [4.69, 9.17) is 53.2 Å². The molecule has 0 amide bonds. The van der Waals surface area contributed by atoms with Crippen LogP contribution in [0.2, 0.25) is 10.0 Å². The molecule has 2 atom stereocenters. The summed E-state index contributed by atoms with van der Waals surface area (Å²) < 4.78 is 35.5. The van der Waals surface area contributed by atoms with Gasteiger partial charge in [0, 0.05) is 21.1 Å². The van der Waals surface area contributed by atoms with Crippen LogP contribution in [0.3, 0.4) is 0 Å². The van der Waals surface area contributed by atoms with Crippen molar-refractivity contribution in [3.8, 4) is 23.0 Å². The summed E-state index contributed by atoms with van der Waals surface area (Å²) in [6.45, 7) is 8.00. The molecular formula is C38H47Cl2N2O5P. The molecule has 10 heteroatoms. The van der Waals surface area contributed by atoms with Gasteiger partial charge in [0.1, 0.15) is 23.0 Å². The molecule has 0 heterocycles. The first-order chi connectivity index (χ1) is 22.8. The summed E-state index contributed by atoms with van der Waals surface area (Å²) in [5.74, 6) is 2.91. The van der Waals surface area contributed by atoms with Gasteiger partial charge in [-0.3, -0.25) is 4.57 Å². The molecule has 4 N–H and O–H groups in total. The minimum Gasteiger partial charge on any atom is -0.457 e. The molecule has 48 heavy (non-hydrogen) atoms. The standard InChI is InChI=1S/C38H47Cl2N2O5P/c1-27-9-5-13-31(21-27)46-33-17-15-29(35(39)23-33)11-7-19-37(3,41)25-44-48(43)45-26-38(4,42)20-8-12-30-16-18-34(24-36(30)40)47-32-14-6-10-28(2)22-32/h5-6,9-10,13-18,21-24,48H,7-8,11-12,19-20,25-26,41-42H2,1-4H3/t37-,38-/m1/s1. The van der Waals surface area contributed by atoms with Crippen molar-refractivity contribution in [2.45, 2.75) is 77.3 Å². The molecule has 0 saturated carbocycles. The average Bonchev–Trinajstić information content (AvgIpc) is 3.01. The van der Waals surface area contributed by atoms with Crippen molar-refractivity contribution in [1.29, 1.82) is 0 Å². The Balaban J connectivity index is 1.13. The third kappa shape index (κ3) is 12.9. The largest absolute Gasteiger partial charge is 0.457 e. The molecule has 0 spiro atoms. The Bertz CT molecular complexity index is 1560. The molecule has 0 aliphatic heterocycles. The Morgan fingerprint density at radius 1 is 0.625 bits per heavy atom. The van der Waals surface area contributed by atoms with Crippen LogP contribution in [0.15, 0.2) is 84.9 Å². The average molecular weight is 714 g/mol. The minimum absolute atomic E-state index is 0.102. The first-order valence-corrected chi connectivity index (χ1v) is 18.2. The summed E-state index contributed by atoms with van der Waals surface area (Å²) in [7, 11) is -2.77. The fourth-order valence-corrected chi connectivity index (χ4v) is 6.73. The molecule has 4 aromatic carbocycles. The molecule has 258 valence electrons. The fourth-order valence-electron chi connectivity index (χ4n) is 5.22. The number of hydrogen-bond donors (Lipinski definition) is 2. The van der Waals surface area contributed by atoms with E-state index in [-0.39, 0.29) is 13.2 Å². The third-order valence-electron chi connectivity index (χ3n) is 7.93. The van der Waals surface area contributed by atoms with Crippen LogP contribution < -0.4 is 20.9 Å². The number of rotatable bonds is 18. The van der Waals surface area contributed by atoms with Gasteiger partial charge in [-0.1, -0.05) is 59.6 Å². The van der Waals surface area contributed by atoms with E-state index in [2.05, 4.69) is 0 Å². The Labute approximate surface area is 295 Å². The summed E-state index contributed by atoms with van der Waals surface area (Å²) in [5.41, 5.74) is 15.8. The van der Waals surface area contributed by atoms with Crippen LogP contribution in [-0.2, 0) is 26.5 Å². The highest BCUT2D eigenvalue weighted by atomic mass is 35.5. The van der Waals surface area contributed by atoms with Gasteiger partial charge in [-0.15, -0.1) is 0 Å². The second-order valence-electron chi connectivity index (χ2n) is 13.2. The number of ether oxygens (including phenoxy) is 2. The summed E-state index contributed by atoms with van der Waals surface area (Å²) in [6, 6.07) is 27.2. The van der Waals surface area contributed by atoms with E-state index >= 15 is 0 Å². The SMILES string of the molecule is Cc1cccc(Oc2ccc(CCC[C@@](C)(N)CO[PH](=O)OC[C@](C)(N)CCCc3ccc(Oc4cccc(C)c4)cc3Cl)c(Cl)c2)c1. The molecule has 0 saturated heterocycles. The number of halogens is 2. The van der Waals surface area contributed by atoms with Crippen molar-refractivity contribution >= 4 is 31.5 Å². The number of aryl methyl sites for hydroxylation is 4. The lowest BCUT2D eigenvalue weighted by molar-refractivity contribution is 0.156. The Morgan fingerprint density at radius 3 is 1.40 bits per heavy atom. The van der Waals surface area contributed by atoms with Crippen molar-refractivity contribution in [2.75, 3.05) is 13.2 Å². The fraction of sp³-hybridized carbons (Fsp3) is 0.368. The smallest absolute Gasteiger partial charge is 0.319 e. The molecule has 0 unspecified atom stereocenters. The molecule has 0 aromatic heterocycles. The lowest BCUT2D eigenvalue weighted by Gasteiger charge is -2.26. The second kappa shape index (κ2) is 17.7. The van der Waals surface area contributed by atoms with E-state index in [0.717, 1.165) is 59.4 Å². The van der Waals surface area contributed by atoms with E-state index in [1.54, 1.807) is 0 Å². The van der Waals surface area contributed by atoms with Crippen LogP contribution in [0, 0.1) is 13.8 Å². The topological polar surface area (TPSA) is 106 Å². The van der Waals surface area contributed by atoms with Crippen LogP contribution in [-0.4, -0.2) is 24.3 Å². The molecule has 0 aliphatic rings. The molecule has 7 nitrogen and oxygen atoms in total. The summed E-state index contributed by atoms with van der Waals surface area (Å²) in [4.78, 5) is 0. The molecule has 4 rings (SSSR count). The van der Waals surface area contributed by atoms with Crippen LogP contribution in [0.4, 0.5) is 0 Å². The van der Waals surface area contributed by atoms with Crippen molar-refractivity contribution in [1.82, 2.24) is 0 Å². The van der Waals surface area contributed by atoms with E-state index in [1.807, 2.05) is 113 Å². The first kappa shape index (κ1) is 37.9. The van der Waals surface area contributed by atoms with Gasteiger partial charge < -0.3 is 30.0 Å². The molecular weight excluding hydrogens is 666 g/mol. The monoisotopic (exact) mass is 712 g/mol. The predicted molar refractivity (Wildman–Crippen MR) is 197 cm³/mol. The lowest BCUT2D eigenvalue weighted by Crippen LogP contribution is -2.41. The first-order valence-electron chi connectivity index (χ1n) is 16.2. The van der Waals surface area contributed by atoms with Gasteiger partial charge in [-0.05, 0) is 137 Å². The van der Waals surface area contributed by atoms with Gasteiger partial charge in [0.05, 0.1) is 13.2 Å². The van der Waals surface area contributed by atoms with Crippen LogP contribution >= 0.6 is 31.5 Å². The third-order valence-corrected chi connectivity index (χ3v) is 9.39. The number of nitrogens with two attached hydrogens (primary N) is 2. The Hall–Kier alpha value is -2.87. The molecule has 0 radical (unpaired) electrons. The predicted octanol–water partition coefficient (Wildman–Crippen LogP) is 10.4. The van der Waals surface area contributed by atoms with Crippen LogP contribution in [0.5, 0.6) is 23.0 Å². The zero-order chi connectivity index (χ0) is 34.7. The summed E-state index contributed by atoms with van der Waals surface area (Å²) in [6.07, 6.45) is 4.34. The van der Waals surface area contributed by atoms with Crippen molar-refractivity contribution in [2.24, 2.45) is 11.5 Å². The Morgan fingerprint density at radius 2 is 1.02 bits per heavy atom. The van der Waals surface area contributed by atoms with Crippen molar-refractivity contribution in [3.63, 3.8) is 0 Å². The maximum atomic E-state index is 12.6. The van der Waals surface area contributed by atoms with Crippen LogP contribution in [0.25, 0.3) is 0 Å². The summed E-state index contributed by atoms with van der Waals surface area (Å²) in [5, 5.41) is 1.28. The van der Waals surface area contributed by atoms with Gasteiger partial charge in [0.25, 0.3) is 0 Å². The molecule has 0 aliphatic carbocycles. The van der Waals surface area contributed by atoms with Gasteiger partial charge in [0.2, 0.25) is 0 Å². The normalized spacial score (nSPS) is 14.0. The van der Waals surface area contributed by atoms with E-state index in [1.165, 1.54) is 0 Å². The molecule has 0 bridgehead atoms. The van der Waals surface area contributed by atoms with Gasteiger partial charge >= 0.3 is 8.25 Å². The van der Waals surface area contributed by atoms with Crippen LogP contribution in [0.1, 0.15) is 61.8 Å². The van der Waals surface area contributed by atoms with Gasteiger partial charge in [-0.25, -0.2) is 0 Å². The quantitative estimate of drug-likeness (QED) is 0.0989. The molecule has 0 fully saturated rings. The maximum Gasteiger partial charge on any atom is 0.319 e. The van der Waals surface area contributed by atoms with E-state index < -0.39 is 19.3 Å². The highest BCUT2D eigenvalue weighted by Gasteiger charge is 2.23. The van der Waals surface area contributed by atoms with Crippen molar-refractivity contribution < 1.29 is 23.1 Å². The van der Waals surface area contributed by atoms with E-state index in [9.17, 15) is 4.57 Å². The zero-order valence-electron chi connectivity index (χ0n) is 28.2.